The van der Waals surface area contributed by atoms with Gasteiger partial charge in [0, 0.05) is 5.69 Å². The SMILES string of the molecule is CCOc1ccccc1Oc1ccc(N)cc1I. The van der Waals surface area contributed by atoms with Crippen molar-refractivity contribution in [2.24, 2.45) is 0 Å². The Bertz CT molecular complexity index is 543. The number of hydrogen-bond donors (Lipinski definition) is 1. The highest BCUT2D eigenvalue weighted by atomic mass is 127. The Hall–Kier alpha value is -1.43. The second-order valence-corrected chi connectivity index (χ2v) is 4.83. The van der Waals surface area contributed by atoms with E-state index in [0.29, 0.717) is 12.4 Å². The number of ether oxygens (including phenoxy) is 2. The van der Waals surface area contributed by atoms with Gasteiger partial charge < -0.3 is 15.2 Å². The van der Waals surface area contributed by atoms with Gasteiger partial charge in [0.2, 0.25) is 0 Å². The summed E-state index contributed by atoms with van der Waals surface area (Å²) in [6.45, 7) is 2.56. The Morgan fingerprint density at radius 3 is 2.44 bits per heavy atom. The minimum absolute atomic E-state index is 0.610. The number of para-hydroxylation sites is 2. The first-order valence-electron chi connectivity index (χ1n) is 5.65. The van der Waals surface area contributed by atoms with Crippen molar-refractivity contribution in [2.75, 3.05) is 12.3 Å². The van der Waals surface area contributed by atoms with Crippen LogP contribution in [0.1, 0.15) is 6.92 Å². The zero-order valence-corrected chi connectivity index (χ0v) is 12.2. The molecule has 0 aromatic heterocycles. The van der Waals surface area contributed by atoms with Gasteiger partial charge >= 0.3 is 0 Å². The van der Waals surface area contributed by atoms with E-state index < -0.39 is 0 Å². The van der Waals surface area contributed by atoms with E-state index in [-0.39, 0.29) is 0 Å². The highest BCUT2D eigenvalue weighted by Crippen LogP contribution is 2.34. The average Bonchev–Trinajstić information content (AvgIpc) is 2.35. The molecule has 0 heterocycles. The topological polar surface area (TPSA) is 44.5 Å². The molecule has 0 unspecified atom stereocenters. The first-order valence-corrected chi connectivity index (χ1v) is 6.73. The molecule has 0 fully saturated rings. The van der Waals surface area contributed by atoms with E-state index >= 15 is 0 Å². The molecule has 18 heavy (non-hydrogen) atoms. The predicted octanol–water partition coefficient (Wildman–Crippen LogP) is 4.06. The van der Waals surface area contributed by atoms with Crippen molar-refractivity contribution in [1.82, 2.24) is 0 Å². The van der Waals surface area contributed by atoms with Crippen molar-refractivity contribution in [3.8, 4) is 17.2 Å². The zero-order valence-electron chi connectivity index (χ0n) is 10.0. The van der Waals surface area contributed by atoms with Crippen LogP contribution in [0.15, 0.2) is 42.5 Å². The van der Waals surface area contributed by atoms with Crippen LogP contribution in [-0.4, -0.2) is 6.61 Å². The van der Waals surface area contributed by atoms with E-state index in [0.717, 1.165) is 20.8 Å². The molecular weight excluding hydrogens is 341 g/mol. The summed E-state index contributed by atoms with van der Waals surface area (Å²) in [6, 6.07) is 13.2. The summed E-state index contributed by atoms with van der Waals surface area (Å²) in [5.41, 5.74) is 6.44. The number of halogens is 1. The van der Waals surface area contributed by atoms with Crippen LogP contribution in [-0.2, 0) is 0 Å². The third kappa shape index (κ3) is 3.07. The minimum atomic E-state index is 0.610. The molecule has 4 heteroatoms. The van der Waals surface area contributed by atoms with E-state index in [4.69, 9.17) is 15.2 Å². The first-order chi connectivity index (χ1) is 8.70. The van der Waals surface area contributed by atoms with E-state index in [1.165, 1.54) is 0 Å². The molecule has 2 N–H and O–H groups in total. The number of nitrogens with two attached hydrogens (primary N) is 1. The summed E-state index contributed by atoms with van der Waals surface area (Å²) >= 11 is 2.20. The molecule has 0 radical (unpaired) electrons. The van der Waals surface area contributed by atoms with Crippen molar-refractivity contribution in [3.05, 3.63) is 46.0 Å². The molecule has 2 rings (SSSR count). The van der Waals surface area contributed by atoms with Crippen LogP contribution in [0.5, 0.6) is 17.2 Å². The Kier molecular flexibility index (Phi) is 4.30. The zero-order chi connectivity index (χ0) is 13.0. The molecule has 3 nitrogen and oxygen atoms in total. The van der Waals surface area contributed by atoms with Gasteiger partial charge in [-0.1, -0.05) is 12.1 Å². The Labute approximate surface area is 120 Å². The second-order valence-electron chi connectivity index (χ2n) is 3.67. The smallest absolute Gasteiger partial charge is 0.169 e. The van der Waals surface area contributed by atoms with E-state index in [1.807, 2.05) is 49.4 Å². The van der Waals surface area contributed by atoms with Gasteiger partial charge in [-0.2, -0.15) is 0 Å². The maximum absolute atomic E-state index is 5.86. The maximum Gasteiger partial charge on any atom is 0.169 e. The van der Waals surface area contributed by atoms with Gasteiger partial charge in [0.05, 0.1) is 10.2 Å². The largest absolute Gasteiger partial charge is 0.490 e. The van der Waals surface area contributed by atoms with Crippen molar-refractivity contribution in [1.29, 1.82) is 0 Å². The van der Waals surface area contributed by atoms with Crippen LogP contribution >= 0.6 is 22.6 Å². The minimum Gasteiger partial charge on any atom is -0.490 e. The van der Waals surface area contributed by atoms with Crippen molar-refractivity contribution in [2.45, 2.75) is 6.92 Å². The number of anilines is 1. The molecular formula is C14H14INO2. The fraction of sp³-hybridized carbons (Fsp3) is 0.143. The molecule has 0 atom stereocenters. The third-order valence-electron chi connectivity index (χ3n) is 2.32. The van der Waals surface area contributed by atoms with Crippen molar-refractivity contribution < 1.29 is 9.47 Å². The molecule has 0 saturated carbocycles. The molecule has 94 valence electrons. The quantitative estimate of drug-likeness (QED) is 0.664. The van der Waals surface area contributed by atoms with Crippen LogP contribution in [0.25, 0.3) is 0 Å². The van der Waals surface area contributed by atoms with Gasteiger partial charge in [0.25, 0.3) is 0 Å². The van der Waals surface area contributed by atoms with Gasteiger partial charge in [-0.05, 0) is 59.8 Å². The number of hydrogen-bond acceptors (Lipinski definition) is 3. The maximum atomic E-state index is 5.86. The van der Waals surface area contributed by atoms with Gasteiger partial charge in [0.15, 0.2) is 11.5 Å². The number of benzene rings is 2. The molecule has 0 aliphatic heterocycles. The first kappa shape index (κ1) is 13.0. The summed E-state index contributed by atoms with van der Waals surface area (Å²) in [5.74, 6) is 2.23. The van der Waals surface area contributed by atoms with Crippen LogP contribution in [0, 0.1) is 3.57 Å². The summed E-state index contributed by atoms with van der Waals surface area (Å²) in [6.07, 6.45) is 0. The molecule has 2 aromatic carbocycles. The standard InChI is InChI=1S/C14H14INO2/c1-2-17-13-5-3-4-6-14(13)18-12-8-7-10(16)9-11(12)15/h3-9H,2,16H2,1H3. The number of rotatable bonds is 4. The Balaban J connectivity index is 2.28. The summed E-state index contributed by atoms with van der Waals surface area (Å²) in [7, 11) is 0. The second kappa shape index (κ2) is 5.95. The van der Waals surface area contributed by atoms with E-state index in [1.54, 1.807) is 0 Å². The molecule has 0 spiro atoms. The molecule has 0 bridgehead atoms. The molecule has 2 aromatic rings. The predicted molar refractivity (Wildman–Crippen MR) is 81.3 cm³/mol. The fourth-order valence-corrected chi connectivity index (χ4v) is 2.18. The lowest BCUT2D eigenvalue weighted by molar-refractivity contribution is 0.321. The van der Waals surface area contributed by atoms with Gasteiger partial charge in [0.1, 0.15) is 5.75 Å². The highest BCUT2D eigenvalue weighted by Gasteiger charge is 2.07. The van der Waals surface area contributed by atoms with Crippen LogP contribution in [0.4, 0.5) is 5.69 Å². The summed E-state index contributed by atoms with van der Waals surface area (Å²) < 4.78 is 12.4. The molecule has 0 saturated heterocycles. The average molecular weight is 355 g/mol. The van der Waals surface area contributed by atoms with Crippen molar-refractivity contribution in [3.63, 3.8) is 0 Å². The Morgan fingerprint density at radius 1 is 1.06 bits per heavy atom. The third-order valence-corrected chi connectivity index (χ3v) is 3.17. The molecule has 0 aliphatic rings. The van der Waals surface area contributed by atoms with E-state index in [9.17, 15) is 0 Å². The van der Waals surface area contributed by atoms with Crippen molar-refractivity contribution >= 4 is 28.3 Å². The summed E-state index contributed by atoms with van der Waals surface area (Å²) in [5, 5.41) is 0. The monoisotopic (exact) mass is 355 g/mol. The molecule has 0 amide bonds. The van der Waals surface area contributed by atoms with Crippen LogP contribution in [0.2, 0.25) is 0 Å². The summed E-state index contributed by atoms with van der Waals surface area (Å²) in [4.78, 5) is 0. The van der Waals surface area contributed by atoms with Crippen LogP contribution in [0.3, 0.4) is 0 Å². The highest BCUT2D eigenvalue weighted by molar-refractivity contribution is 14.1. The molecule has 0 aliphatic carbocycles. The van der Waals surface area contributed by atoms with Crippen LogP contribution < -0.4 is 15.2 Å². The lowest BCUT2D eigenvalue weighted by Gasteiger charge is -2.12. The lowest BCUT2D eigenvalue weighted by Crippen LogP contribution is -1.96. The van der Waals surface area contributed by atoms with Gasteiger partial charge in [-0.25, -0.2) is 0 Å². The van der Waals surface area contributed by atoms with E-state index in [2.05, 4.69) is 22.6 Å². The fourth-order valence-electron chi connectivity index (χ4n) is 1.53. The van der Waals surface area contributed by atoms with Gasteiger partial charge in [-0.3, -0.25) is 0 Å². The lowest BCUT2D eigenvalue weighted by atomic mass is 10.3. The Morgan fingerprint density at radius 2 is 1.78 bits per heavy atom. The normalized spacial score (nSPS) is 10.1. The van der Waals surface area contributed by atoms with Gasteiger partial charge in [-0.15, -0.1) is 0 Å². The number of nitrogen functional groups attached to an aromatic ring is 1.